The molecule has 0 aliphatic rings. The number of nitrogens with one attached hydrogen (secondary N) is 1. The predicted molar refractivity (Wildman–Crippen MR) is 86.9 cm³/mol. The first-order valence-corrected chi connectivity index (χ1v) is 7.27. The maximum absolute atomic E-state index is 4.38. The van der Waals surface area contributed by atoms with Crippen molar-refractivity contribution in [3.63, 3.8) is 0 Å². The summed E-state index contributed by atoms with van der Waals surface area (Å²) in [7, 11) is 4.14. The van der Waals surface area contributed by atoms with Gasteiger partial charge in [0.05, 0.1) is 6.04 Å². The first-order valence-electron chi connectivity index (χ1n) is 7.27. The fourth-order valence-electron chi connectivity index (χ4n) is 2.50. The van der Waals surface area contributed by atoms with Crippen molar-refractivity contribution in [3.8, 4) is 0 Å². The van der Waals surface area contributed by atoms with Gasteiger partial charge >= 0.3 is 0 Å². The third-order valence-corrected chi connectivity index (χ3v) is 3.45. The van der Waals surface area contributed by atoms with E-state index in [2.05, 4.69) is 63.6 Å². The largest absolute Gasteiger partial charge is 0.362 e. The molecule has 0 saturated heterocycles. The molecule has 6 nitrogen and oxygen atoms in total. The monoisotopic (exact) mass is 296 g/mol. The Bertz CT molecular complexity index is 750. The number of aryl methyl sites for hydroxylation is 1. The standard InChI is InChI=1S/C16H20N6/c1-12-9-15(22-16(19-12)17-11-18-22)20-14(10-21(2)3)13-7-5-4-6-8-13/h4-9,11,14,20H,10H2,1-3H3. The highest BCUT2D eigenvalue weighted by molar-refractivity contribution is 5.46. The Hall–Kier alpha value is -2.47. The molecule has 1 N–H and O–H groups in total. The molecular formula is C16H20N6. The number of hydrogen-bond donors (Lipinski definition) is 1. The Labute approximate surface area is 129 Å². The molecule has 0 bridgehead atoms. The van der Waals surface area contributed by atoms with Gasteiger partial charge in [0.1, 0.15) is 12.1 Å². The normalized spacial score (nSPS) is 12.7. The van der Waals surface area contributed by atoms with E-state index in [-0.39, 0.29) is 6.04 Å². The zero-order chi connectivity index (χ0) is 15.5. The van der Waals surface area contributed by atoms with E-state index in [1.54, 1.807) is 4.52 Å². The second-order valence-electron chi connectivity index (χ2n) is 5.62. The van der Waals surface area contributed by atoms with Crippen molar-refractivity contribution in [3.05, 3.63) is 54.0 Å². The molecule has 0 spiro atoms. The number of benzene rings is 1. The number of hydrogen-bond acceptors (Lipinski definition) is 5. The van der Waals surface area contributed by atoms with Gasteiger partial charge in [-0.05, 0) is 26.6 Å². The summed E-state index contributed by atoms with van der Waals surface area (Å²) in [5.74, 6) is 1.51. The van der Waals surface area contributed by atoms with Crippen LogP contribution >= 0.6 is 0 Å². The lowest BCUT2D eigenvalue weighted by Crippen LogP contribution is -2.26. The Balaban J connectivity index is 1.97. The van der Waals surface area contributed by atoms with E-state index in [0.29, 0.717) is 5.78 Å². The molecule has 1 aromatic carbocycles. The van der Waals surface area contributed by atoms with Crippen LogP contribution in [0.1, 0.15) is 17.3 Å². The quantitative estimate of drug-likeness (QED) is 0.782. The molecule has 3 aromatic rings. The molecule has 2 heterocycles. The lowest BCUT2D eigenvalue weighted by molar-refractivity contribution is 0.386. The van der Waals surface area contributed by atoms with Crippen molar-refractivity contribution in [2.24, 2.45) is 0 Å². The maximum atomic E-state index is 4.38. The van der Waals surface area contributed by atoms with Gasteiger partial charge < -0.3 is 10.2 Å². The topological polar surface area (TPSA) is 58.4 Å². The summed E-state index contributed by atoms with van der Waals surface area (Å²) in [6.07, 6.45) is 1.52. The van der Waals surface area contributed by atoms with E-state index in [1.807, 2.05) is 19.1 Å². The summed E-state index contributed by atoms with van der Waals surface area (Å²) >= 11 is 0. The molecule has 3 rings (SSSR count). The molecule has 6 heteroatoms. The van der Waals surface area contributed by atoms with Crippen LogP contribution in [-0.2, 0) is 0 Å². The van der Waals surface area contributed by atoms with Crippen molar-refractivity contribution in [2.45, 2.75) is 13.0 Å². The minimum absolute atomic E-state index is 0.158. The van der Waals surface area contributed by atoms with Crippen molar-refractivity contribution in [1.82, 2.24) is 24.5 Å². The molecule has 0 saturated carbocycles. The van der Waals surface area contributed by atoms with Gasteiger partial charge in [0.25, 0.3) is 5.78 Å². The van der Waals surface area contributed by atoms with E-state index in [0.717, 1.165) is 18.1 Å². The summed E-state index contributed by atoms with van der Waals surface area (Å²) in [4.78, 5) is 10.7. The Morgan fingerprint density at radius 1 is 1.23 bits per heavy atom. The summed E-state index contributed by atoms with van der Waals surface area (Å²) in [6.45, 7) is 2.84. The average Bonchev–Trinajstić information content (AvgIpc) is 2.95. The molecule has 1 unspecified atom stereocenters. The lowest BCUT2D eigenvalue weighted by Gasteiger charge is -2.24. The first kappa shape index (κ1) is 14.5. The number of fused-ring (bicyclic) bond motifs is 1. The molecule has 0 radical (unpaired) electrons. The van der Waals surface area contributed by atoms with Gasteiger partial charge in [0.15, 0.2) is 0 Å². The van der Waals surface area contributed by atoms with Crippen LogP contribution < -0.4 is 5.32 Å². The third-order valence-electron chi connectivity index (χ3n) is 3.45. The van der Waals surface area contributed by atoms with Crippen LogP contribution in [0.3, 0.4) is 0 Å². The molecule has 2 aromatic heterocycles. The van der Waals surface area contributed by atoms with Crippen LogP contribution in [-0.4, -0.2) is 45.1 Å². The van der Waals surface area contributed by atoms with E-state index >= 15 is 0 Å². The first-order chi connectivity index (χ1) is 10.6. The number of nitrogens with zero attached hydrogens (tertiary/aromatic N) is 5. The van der Waals surface area contributed by atoms with Crippen molar-refractivity contribution in [2.75, 3.05) is 26.0 Å². The highest BCUT2D eigenvalue weighted by atomic mass is 15.4. The van der Waals surface area contributed by atoms with Crippen LogP contribution in [0.5, 0.6) is 0 Å². The molecule has 0 aliphatic heterocycles. The Morgan fingerprint density at radius 3 is 2.73 bits per heavy atom. The predicted octanol–water partition coefficient (Wildman–Crippen LogP) is 2.15. The number of rotatable bonds is 5. The highest BCUT2D eigenvalue weighted by Gasteiger charge is 2.15. The van der Waals surface area contributed by atoms with Crippen molar-refractivity contribution >= 4 is 11.6 Å². The second kappa shape index (κ2) is 6.11. The number of anilines is 1. The van der Waals surface area contributed by atoms with Gasteiger partial charge in [-0.2, -0.15) is 14.6 Å². The van der Waals surface area contributed by atoms with Crippen LogP contribution in [0.15, 0.2) is 42.7 Å². The highest BCUT2D eigenvalue weighted by Crippen LogP contribution is 2.20. The van der Waals surface area contributed by atoms with E-state index in [4.69, 9.17) is 0 Å². The molecule has 22 heavy (non-hydrogen) atoms. The molecule has 1 atom stereocenters. The van der Waals surface area contributed by atoms with E-state index < -0.39 is 0 Å². The van der Waals surface area contributed by atoms with E-state index in [9.17, 15) is 0 Å². The number of likely N-dealkylation sites (N-methyl/N-ethyl adjacent to an activating group) is 1. The lowest BCUT2D eigenvalue weighted by atomic mass is 10.1. The molecule has 0 fully saturated rings. The fraction of sp³-hybridized carbons (Fsp3) is 0.312. The summed E-state index contributed by atoms with van der Waals surface area (Å²) < 4.78 is 1.73. The fourth-order valence-corrected chi connectivity index (χ4v) is 2.50. The van der Waals surface area contributed by atoms with Crippen LogP contribution in [0.25, 0.3) is 5.78 Å². The SMILES string of the molecule is Cc1cc(NC(CN(C)C)c2ccccc2)n2ncnc2n1. The maximum Gasteiger partial charge on any atom is 0.254 e. The van der Waals surface area contributed by atoms with Crippen LogP contribution in [0, 0.1) is 6.92 Å². The second-order valence-corrected chi connectivity index (χ2v) is 5.62. The average molecular weight is 296 g/mol. The van der Waals surface area contributed by atoms with Crippen molar-refractivity contribution < 1.29 is 0 Å². The zero-order valence-electron chi connectivity index (χ0n) is 13.1. The summed E-state index contributed by atoms with van der Waals surface area (Å²) in [5.41, 5.74) is 2.15. The minimum atomic E-state index is 0.158. The van der Waals surface area contributed by atoms with Gasteiger partial charge in [-0.15, -0.1) is 0 Å². The molecule has 114 valence electrons. The molecular weight excluding hydrogens is 276 g/mol. The molecule has 0 amide bonds. The summed E-state index contributed by atoms with van der Waals surface area (Å²) in [6, 6.07) is 12.6. The Kier molecular flexibility index (Phi) is 4.02. The number of aromatic nitrogens is 4. The third kappa shape index (κ3) is 3.07. The minimum Gasteiger partial charge on any atom is -0.362 e. The van der Waals surface area contributed by atoms with Gasteiger partial charge in [0.2, 0.25) is 0 Å². The summed E-state index contributed by atoms with van der Waals surface area (Å²) in [5, 5.41) is 7.83. The smallest absolute Gasteiger partial charge is 0.254 e. The van der Waals surface area contributed by atoms with Crippen LogP contribution in [0.4, 0.5) is 5.82 Å². The van der Waals surface area contributed by atoms with Gasteiger partial charge in [-0.1, -0.05) is 30.3 Å². The van der Waals surface area contributed by atoms with E-state index in [1.165, 1.54) is 11.9 Å². The van der Waals surface area contributed by atoms with Gasteiger partial charge in [-0.3, -0.25) is 0 Å². The van der Waals surface area contributed by atoms with Gasteiger partial charge in [-0.25, -0.2) is 4.98 Å². The molecule has 0 aliphatic carbocycles. The Morgan fingerprint density at radius 2 is 2.00 bits per heavy atom. The zero-order valence-corrected chi connectivity index (χ0v) is 13.1. The van der Waals surface area contributed by atoms with Crippen molar-refractivity contribution in [1.29, 1.82) is 0 Å². The van der Waals surface area contributed by atoms with Crippen LogP contribution in [0.2, 0.25) is 0 Å². The van der Waals surface area contributed by atoms with Gasteiger partial charge in [0, 0.05) is 18.3 Å².